The van der Waals surface area contributed by atoms with Gasteiger partial charge < -0.3 is 13.9 Å². The summed E-state index contributed by atoms with van der Waals surface area (Å²) < 4.78 is 15.4. The number of hydrogen-bond donors (Lipinski definition) is 0. The molecular weight excluding hydrogens is 278 g/mol. The molecular formula is C14H13NO6. The van der Waals surface area contributed by atoms with E-state index in [2.05, 4.69) is 4.74 Å². The lowest BCUT2D eigenvalue weighted by Gasteiger charge is -2.04. The number of hydrogen-bond acceptors (Lipinski definition) is 6. The monoisotopic (exact) mass is 291 g/mol. The van der Waals surface area contributed by atoms with E-state index in [9.17, 15) is 14.9 Å². The number of carbonyl (C=O) groups is 1. The Morgan fingerprint density at radius 3 is 2.76 bits per heavy atom. The van der Waals surface area contributed by atoms with Gasteiger partial charge in [0.1, 0.15) is 23.7 Å². The zero-order valence-electron chi connectivity index (χ0n) is 11.5. The van der Waals surface area contributed by atoms with E-state index in [0.717, 1.165) is 0 Å². The lowest BCUT2D eigenvalue weighted by atomic mass is 10.2. The molecule has 1 aromatic heterocycles. The van der Waals surface area contributed by atoms with Gasteiger partial charge in [0.05, 0.1) is 12.0 Å². The van der Waals surface area contributed by atoms with Gasteiger partial charge in [-0.25, -0.2) is 4.79 Å². The highest BCUT2D eigenvalue weighted by Gasteiger charge is 2.17. The molecule has 21 heavy (non-hydrogen) atoms. The molecule has 0 fully saturated rings. The summed E-state index contributed by atoms with van der Waals surface area (Å²) in [7, 11) is 1.28. The molecule has 0 saturated heterocycles. The Bertz CT molecular complexity index is 676. The summed E-state index contributed by atoms with van der Waals surface area (Å²) in [4.78, 5) is 21.8. The van der Waals surface area contributed by atoms with Crippen LogP contribution in [0.25, 0.3) is 0 Å². The molecule has 1 heterocycles. The third-order valence-corrected chi connectivity index (χ3v) is 2.81. The van der Waals surface area contributed by atoms with Gasteiger partial charge in [0.25, 0.3) is 0 Å². The Balaban J connectivity index is 2.14. The molecule has 0 N–H and O–H groups in total. The predicted octanol–water partition coefficient (Wildman–Crippen LogP) is 2.86. The van der Waals surface area contributed by atoms with Crippen molar-refractivity contribution in [1.29, 1.82) is 0 Å². The zero-order valence-corrected chi connectivity index (χ0v) is 11.5. The molecule has 0 atom stereocenters. The van der Waals surface area contributed by atoms with Crippen LogP contribution in [0.5, 0.6) is 5.75 Å². The fourth-order valence-corrected chi connectivity index (χ4v) is 1.81. The summed E-state index contributed by atoms with van der Waals surface area (Å²) in [6.45, 7) is 1.60. The van der Waals surface area contributed by atoms with Crippen molar-refractivity contribution >= 4 is 11.7 Å². The molecule has 2 aromatic rings. The maximum atomic E-state index is 11.5. The molecule has 0 radical (unpaired) electrons. The minimum atomic E-state index is -0.525. The zero-order chi connectivity index (χ0) is 15.4. The first-order valence-electron chi connectivity index (χ1n) is 6.06. The molecule has 7 nitrogen and oxygen atoms in total. The second-order valence-electron chi connectivity index (χ2n) is 4.19. The smallest absolute Gasteiger partial charge is 0.341 e. The van der Waals surface area contributed by atoms with E-state index in [1.54, 1.807) is 19.1 Å². The number of rotatable bonds is 5. The maximum absolute atomic E-state index is 11.5. The molecule has 7 heteroatoms. The van der Waals surface area contributed by atoms with Gasteiger partial charge in [-0.2, -0.15) is 0 Å². The molecule has 0 aliphatic heterocycles. The van der Waals surface area contributed by atoms with Gasteiger partial charge in [0.15, 0.2) is 5.75 Å². The molecule has 0 unspecified atom stereocenters. The van der Waals surface area contributed by atoms with Crippen molar-refractivity contribution in [3.8, 4) is 5.75 Å². The van der Waals surface area contributed by atoms with Gasteiger partial charge in [-0.3, -0.25) is 10.1 Å². The molecule has 0 amide bonds. The topological polar surface area (TPSA) is 91.8 Å². The van der Waals surface area contributed by atoms with Crippen molar-refractivity contribution in [2.45, 2.75) is 13.5 Å². The largest absolute Gasteiger partial charge is 0.479 e. The van der Waals surface area contributed by atoms with E-state index in [1.807, 2.05) is 0 Å². The normalized spacial score (nSPS) is 10.2. The van der Waals surface area contributed by atoms with Crippen LogP contribution in [-0.4, -0.2) is 18.0 Å². The maximum Gasteiger partial charge on any atom is 0.341 e. The van der Waals surface area contributed by atoms with Crippen LogP contribution in [0.4, 0.5) is 5.69 Å². The molecule has 2 rings (SSSR count). The number of nitro groups is 1. The number of aryl methyl sites for hydroxylation is 1. The van der Waals surface area contributed by atoms with Gasteiger partial charge in [0.2, 0.25) is 0 Å². The molecule has 0 bridgehead atoms. The standard InChI is InChI=1S/C14H13NO6/c1-9-11(14(16)19-2)7-10(21-9)8-20-13-6-4-3-5-12(13)15(17)18/h3-7H,8H2,1-2H3. The molecule has 0 saturated carbocycles. The SMILES string of the molecule is COC(=O)c1cc(COc2ccccc2[N+](=O)[O-])oc1C. The van der Waals surface area contributed by atoms with Crippen molar-refractivity contribution in [3.05, 3.63) is 57.5 Å². The number of esters is 1. The average Bonchev–Trinajstić information content (AvgIpc) is 2.85. The van der Waals surface area contributed by atoms with Gasteiger partial charge >= 0.3 is 11.7 Å². The number of para-hydroxylation sites is 2. The Morgan fingerprint density at radius 2 is 2.10 bits per heavy atom. The first-order chi connectivity index (χ1) is 10.0. The summed E-state index contributed by atoms with van der Waals surface area (Å²) in [5.41, 5.74) is 0.174. The third kappa shape index (κ3) is 3.19. The van der Waals surface area contributed by atoms with Crippen LogP contribution in [0, 0.1) is 17.0 Å². The fraction of sp³-hybridized carbons (Fsp3) is 0.214. The number of ether oxygens (including phenoxy) is 2. The van der Waals surface area contributed by atoms with Crippen LogP contribution in [0.3, 0.4) is 0 Å². The van der Waals surface area contributed by atoms with E-state index in [-0.39, 0.29) is 18.0 Å². The number of nitro benzene ring substituents is 1. The number of nitrogens with zero attached hydrogens (tertiary/aromatic N) is 1. The van der Waals surface area contributed by atoms with Gasteiger partial charge in [0, 0.05) is 6.07 Å². The number of carbonyl (C=O) groups excluding carboxylic acids is 1. The molecule has 0 aliphatic rings. The summed E-state index contributed by atoms with van der Waals surface area (Å²) in [5.74, 6) is 0.415. The minimum absolute atomic E-state index is 0.0251. The lowest BCUT2D eigenvalue weighted by molar-refractivity contribution is -0.386. The number of furan rings is 1. The summed E-state index contributed by atoms with van der Waals surface area (Å²) in [5, 5.41) is 10.9. The molecule has 0 aliphatic carbocycles. The van der Waals surface area contributed by atoms with Crippen molar-refractivity contribution in [2.75, 3.05) is 7.11 Å². The molecule has 110 valence electrons. The predicted molar refractivity (Wildman–Crippen MR) is 72.2 cm³/mol. The highest BCUT2D eigenvalue weighted by molar-refractivity contribution is 5.90. The minimum Gasteiger partial charge on any atom is -0.479 e. The first-order valence-corrected chi connectivity index (χ1v) is 6.06. The summed E-state index contributed by atoms with van der Waals surface area (Å²) >= 11 is 0. The summed E-state index contributed by atoms with van der Waals surface area (Å²) in [6, 6.07) is 7.53. The van der Waals surface area contributed by atoms with E-state index in [4.69, 9.17) is 9.15 Å². The van der Waals surface area contributed by atoms with Crippen LogP contribution in [0.1, 0.15) is 21.9 Å². The Kier molecular flexibility index (Phi) is 4.22. The highest BCUT2D eigenvalue weighted by Crippen LogP contribution is 2.27. The lowest BCUT2D eigenvalue weighted by Crippen LogP contribution is -2.01. The fourth-order valence-electron chi connectivity index (χ4n) is 1.81. The van der Waals surface area contributed by atoms with E-state index >= 15 is 0 Å². The van der Waals surface area contributed by atoms with Gasteiger partial charge in [-0.05, 0) is 19.1 Å². The van der Waals surface area contributed by atoms with E-state index < -0.39 is 10.9 Å². The van der Waals surface area contributed by atoms with Crippen LogP contribution in [0.15, 0.2) is 34.7 Å². The van der Waals surface area contributed by atoms with E-state index in [0.29, 0.717) is 17.1 Å². The van der Waals surface area contributed by atoms with Crippen LogP contribution in [-0.2, 0) is 11.3 Å². The number of benzene rings is 1. The Morgan fingerprint density at radius 1 is 1.38 bits per heavy atom. The first kappa shape index (κ1) is 14.6. The van der Waals surface area contributed by atoms with Crippen molar-refractivity contribution in [1.82, 2.24) is 0 Å². The average molecular weight is 291 g/mol. The van der Waals surface area contributed by atoms with Gasteiger partial charge in [-0.15, -0.1) is 0 Å². The third-order valence-electron chi connectivity index (χ3n) is 2.81. The van der Waals surface area contributed by atoms with Crippen molar-refractivity contribution in [2.24, 2.45) is 0 Å². The van der Waals surface area contributed by atoms with Crippen LogP contribution in [0.2, 0.25) is 0 Å². The second-order valence-corrected chi connectivity index (χ2v) is 4.19. The molecule has 0 spiro atoms. The highest BCUT2D eigenvalue weighted by atomic mass is 16.6. The summed E-state index contributed by atoms with van der Waals surface area (Å²) in [6.07, 6.45) is 0. The van der Waals surface area contributed by atoms with Gasteiger partial charge in [-0.1, -0.05) is 12.1 Å². The van der Waals surface area contributed by atoms with Crippen LogP contribution < -0.4 is 4.74 Å². The van der Waals surface area contributed by atoms with Crippen molar-refractivity contribution < 1.29 is 23.6 Å². The Labute approximate surface area is 120 Å². The van der Waals surface area contributed by atoms with Crippen LogP contribution >= 0.6 is 0 Å². The quantitative estimate of drug-likeness (QED) is 0.478. The molecule has 1 aromatic carbocycles. The number of methoxy groups -OCH3 is 1. The Hall–Kier alpha value is -2.83. The van der Waals surface area contributed by atoms with E-state index in [1.165, 1.54) is 25.3 Å². The second kappa shape index (κ2) is 6.08. The van der Waals surface area contributed by atoms with Crippen molar-refractivity contribution in [3.63, 3.8) is 0 Å².